The molecule has 0 saturated carbocycles. The van der Waals surface area contributed by atoms with E-state index in [1.165, 1.54) is 0 Å². The van der Waals surface area contributed by atoms with Gasteiger partial charge in [0, 0.05) is 5.56 Å². The van der Waals surface area contributed by atoms with Crippen molar-refractivity contribution < 1.29 is 19.7 Å². The third-order valence-electron chi connectivity index (χ3n) is 3.34. The Morgan fingerprint density at radius 2 is 2.25 bits per heavy atom. The van der Waals surface area contributed by atoms with Crippen molar-refractivity contribution in [2.45, 2.75) is 31.6 Å². The van der Waals surface area contributed by atoms with Crippen molar-refractivity contribution in [3.8, 4) is 11.8 Å². The van der Waals surface area contributed by atoms with Crippen LogP contribution in [0.3, 0.4) is 0 Å². The minimum absolute atomic E-state index is 0.405. The van der Waals surface area contributed by atoms with Crippen molar-refractivity contribution in [1.29, 1.82) is 5.26 Å². The standard InChI is InChI=1S/C14H16N2O4/c1-14(2)13(19)12(16-11(18)7-17)9-5-8(6-15)3-4-10(9)20-14/h3-5,12-13,17,19H,7H2,1-2H3,(H,16,18)/t12-,13+/m1/s1. The molecular formula is C14H16N2O4. The Morgan fingerprint density at radius 1 is 1.55 bits per heavy atom. The van der Waals surface area contributed by atoms with Gasteiger partial charge in [0.25, 0.3) is 0 Å². The molecule has 1 amide bonds. The second-order valence-electron chi connectivity index (χ2n) is 5.22. The largest absolute Gasteiger partial charge is 0.485 e. The van der Waals surface area contributed by atoms with Gasteiger partial charge in [0.15, 0.2) is 0 Å². The SMILES string of the molecule is CC1(C)Oc2ccc(C#N)cc2[C@@H](NC(=O)CO)[C@@H]1O. The number of benzene rings is 1. The molecule has 1 aromatic carbocycles. The fraction of sp³-hybridized carbons (Fsp3) is 0.429. The maximum atomic E-state index is 11.4. The highest BCUT2D eigenvalue weighted by molar-refractivity contribution is 5.77. The first-order valence-electron chi connectivity index (χ1n) is 6.20. The van der Waals surface area contributed by atoms with E-state index >= 15 is 0 Å². The zero-order chi connectivity index (χ0) is 14.9. The number of nitriles is 1. The molecule has 2 atom stereocenters. The first-order valence-corrected chi connectivity index (χ1v) is 6.20. The molecule has 0 aliphatic carbocycles. The number of carbonyl (C=O) groups excluding carboxylic acids is 1. The van der Waals surface area contributed by atoms with Crippen LogP contribution in [0.2, 0.25) is 0 Å². The number of nitrogens with one attached hydrogen (secondary N) is 1. The lowest BCUT2D eigenvalue weighted by Gasteiger charge is -2.42. The van der Waals surface area contributed by atoms with E-state index in [0.29, 0.717) is 16.9 Å². The van der Waals surface area contributed by atoms with E-state index in [2.05, 4.69) is 5.32 Å². The predicted molar refractivity (Wildman–Crippen MR) is 69.8 cm³/mol. The molecule has 6 nitrogen and oxygen atoms in total. The monoisotopic (exact) mass is 276 g/mol. The van der Waals surface area contributed by atoms with Gasteiger partial charge in [-0.1, -0.05) is 0 Å². The van der Waals surface area contributed by atoms with E-state index in [4.69, 9.17) is 15.1 Å². The zero-order valence-corrected chi connectivity index (χ0v) is 11.3. The first-order chi connectivity index (χ1) is 9.39. The lowest BCUT2D eigenvalue weighted by atomic mass is 9.86. The molecule has 0 aromatic heterocycles. The molecule has 20 heavy (non-hydrogen) atoms. The average Bonchev–Trinajstić information content (AvgIpc) is 2.43. The van der Waals surface area contributed by atoms with E-state index in [-0.39, 0.29) is 0 Å². The molecule has 0 unspecified atom stereocenters. The second kappa shape index (κ2) is 5.12. The molecule has 0 bridgehead atoms. The number of amides is 1. The van der Waals surface area contributed by atoms with E-state index in [1.54, 1.807) is 32.0 Å². The highest BCUT2D eigenvalue weighted by Crippen LogP contribution is 2.40. The quantitative estimate of drug-likeness (QED) is 0.718. The van der Waals surface area contributed by atoms with Crippen LogP contribution in [-0.4, -0.2) is 34.4 Å². The van der Waals surface area contributed by atoms with Gasteiger partial charge >= 0.3 is 0 Å². The van der Waals surface area contributed by atoms with Gasteiger partial charge in [-0.2, -0.15) is 5.26 Å². The van der Waals surface area contributed by atoms with Crippen LogP contribution in [0.5, 0.6) is 5.75 Å². The van der Waals surface area contributed by atoms with Gasteiger partial charge in [0.05, 0.1) is 17.7 Å². The summed E-state index contributed by atoms with van der Waals surface area (Å²) in [4.78, 5) is 11.4. The van der Waals surface area contributed by atoms with Gasteiger partial charge in [-0.15, -0.1) is 0 Å². The highest BCUT2D eigenvalue weighted by atomic mass is 16.5. The molecular weight excluding hydrogens is 260 g/mol. The predicted octanol–water partition coefficient (Wildman–Crippen LogP) is 0.240. The molecule has 0 radical (unpaired) electrons. The lowest BCUT2D eigenvalue weighted by molar-refractivity contribution is -0.128. The fourth-order valence-corrected chi connectivity index (χ4v) is 2.24. The van der Waals surface area contributed by atoms with Gasteiger partial charge in [-0.05, 0) is 32.0 Å². The van der Waals surface area contributed by atoms with Gasteiger partial charge in [0.2, 0.25) is 5.91 Å². The minimum atomic E-state index is -1.00. The average molecular weight is 276 g/mol. The van der Waals surface area contributed by atoms with Crippen LogP contribution < -0.4 is 10.1 Å². The van der Waals surface area contributed by atoms with E-state index in [9.17, 15) is 9.90 Å². The molecule has 106 valence electrons. The normalized spacial score (nSPS) is 23.1. The number of rotatable bonds is 2. The molecule has 1 aromatic rings. The van der Waals surface area contributed by atoms with E-state index < -0.39 is 30.3 Å². The zero-order valence-electron chi connectivity index (χ0n) is 11.3. The molecule has 6 heteroatoms. The van der Waals surface area contributed by atoms with Gasteiger partial charge in [-0.25, -0.2) is 0 Å². The number of fused-ring (bicyclic) bond motifs is 1. The third-order valence-corrected chi connectivity index (χ3v) is 3.34. The molecule has 2 rings (SSSR count). The molecule has 0 spiro atoms. The summed E-state index contributed by atoms with van der Waals surface area (Å²) in [5.41, 5.74) is 0.0364. The van der Waals surface area contributed by atoms with Crippen LogP contribution >= 0.6 is 0 Å². The summed E-state index contributed by atoms with van der Waals surface area (Å²) in [5, 5.41) is 30.7. The number of hydrogen-bond acceptors (Lipinski definition) is 5. The summed E-state index contributed by atoms with van der Waals surface area (Å²) < 4.78 is 5.70. The summed E-state index contributed by atoms with van der Waals surface area (Å²) in [5.74, 6) is -0.0948. The number of aliphatic hydroxyl groups excluding tert-OH is 2. The Kier molecular flexibility index (Phi) is 3.66. The summed E-state index contributed by atoms with van der Waals surface area (Å²) in [7, 11) is 0. The Morgan fingerprint density at radius 3 is 2.85 bits per heavy atom. The Labute approximate surface area is 116 Å². The van der Waals surface area contributed by atoms with E-state index in [1.807, 2.05) is 6.07 Å². The maximum absolute atomic E-state index is 11.4. The van der Waals surface area contributed by atoms with Crippen LogP contribution in [0, 0.1) is 11.3 Å². The summed E-state index contributed by atoms with van der Waals surface area (Å²) in [6, 6.07) is 6.08. The Bertz CT molecular complexity index is 577. The van der Waals surface area contributed by atoms with Crippen molar-refractivity contribution in [1.82, 2.24) is 5.32 Å². The topological polar surface area (TPSA) is 103 Å². The van der Waals surface area contributed by atoms with Gasteiger partial charge < -0.3 is 20.3 Å². The molecule has 1 aliphatic heterocycles. The van der Waals surface area contributed by atoms with E-state index in [0.717, 1.165) is 0 Å². The van der Waals surface area contributed by atoms with Crippen molar-refractivity contribution in [3.05, 3.63) is 29.3 Å². The summed E-state index contributed by atoms with van der Waals surface area (Å²) >= 11 is 0. The molecule has 3 N–H and O–H groups in total. The number of nitrogens with zero attached hydrogens (tertiary/aromatic N) is 1. The van der Waals surface area contributed by atoms with Crippen LogP contribution in [0.15, 0.2) is 18.2 Å². The van der Waals surface area contributed by atoms with Crippen molar-refractivity contribution in [2.75, 3.05) is 6.61 Å². The Balaban J connectivity index is 2.48. The molecule has 1 heterocycles. The molecule has 0 saturated heterocycles. The number of aliphatic hydroxyl groups is 2. The summed E-state index contributed by atoms with van der Waals surface area (Å²) in [6.07, 6.45) is -1.00. The minimum Gasteiger partial charge on any atom is -0.485 e. The van der Waals surface area contributed by atoms with Gasteiger partial charge in [-0.3, -0.25) is 4.79 Å². The number of hydrogen-bond donors (Lipinski definition) is 3. The Hall–Kier alpha value is -2.10. The van der Waals surface area contributed by atoms with Crippen LogP contribution in [0.25, 0.3) is 0 Å². The van der Waals surface area contributed by atoms with Crippen LogP contribution in [0.1, 0.15) is 31.0 Å². The maximum Gasteiger partial charge on any atom is 0.246 e. The highest BCUT2D eigenvalue weighted by Gasteiger charge is 2.43. The van der Waals surface area contributed by atoms with Crippen LogP contribution in [0.4, 0.5) is 0 Å². The van der Waals surface area contributed by atoms with Crippen molar-refractivity contribution >= 4 is 5.91 Å². The molecule has 1 aliphatic rings. The molecule has 0 fully saturated rings. The number of carbonyl (C=O) groups is 1. The fourth-order valence-electron chi connectivity index (χ4n) is 2.24. The second-order valence-corrected chi connectivity index (χ2v) is 5.22. The first kappa shape index (κ1) is 14.3. The van der Waals surface area contributed by atoms with Crippen molar-refractivity contribution in [3.63, 3.8) is 0 Å². The van der Waals surface area contributed by atoms with Crippen molar-refractivity contribution in [2.24, 2.45) is 0 Å². The third kappa shape index (κ3) is 2.46. The van der Waals surface area contributed by atoms with Gasteiger partial charge in [0.1, 0.15) is 24.1 Å². The summed E-state index contributed by atoms with van der Waals surface area (Å²) in [6.45, 7) is 2.74. The number of ether oxygens (including phenoxy) is 1. The van der Waals surface area contributed by atoms with Crippen LogP contribution in [-0.2, 0) is 4.79 Å². The smallest absolute Gasteiger partial charge is 0.246 e. The lowest BCUT2D eigenvalue weighted by Crippen LogP contribution is -2.53.